The number of halogens is 2. The van der Waals surface area contributed by atoms with Crippen LogP contribution in [0.3, 0.4) is 0 Å². The number of anilines is 3. The molecule has 2 unspecified atom stereocenters. The highest BCUT2D eigenvalue weighted by molar-refractivity contribution is 6.31. The Hall–Kier alpha value is -4.44. The minimum absolute atomic E-state index is 0.0120. The van der Waals surface area contributed by atoms with Gasteiger partial charge in [0.1, 0.15) is 0 Å². The summed E-state index contributed by atoms with van der Waals surface area (Å²) in [6, 6.07) is 12.0. The van der Waals surface area contributed by atoms with Crippen LogP contribution in [0.4, 0.5) is 26.2 Å². The van der Waals surface area contributed by atoms with Gasteiger partial charge in [-0.1, -0.05) is 29.8 Å². The van der Waals surface area contributed by atoms with Crippen LogP contribution in [0.1, 0.15) is 43.4 Å². The molecule has 4 N–H and O–H groups in total. The lowest BCUT2D eigenvalue weighted by Crippen LogP contribution is -2.55. The van der Waals surface area contributed by atoms with Crippen molar-refractivity contribution in [3.8, 4) is 11.1 Å². The molecule has 2 bridgehead atoms. The maximum Gasteiger partial charge on any atom is 0.412 e. The smallest absolute Gasteiger partial charge is 0.412 e. The summed E-state index contributed by atoms with van der Waals surface area (Å²) in [5.74, 6) is -1.11. The SMILES string of the molecule is Nc1ccc2c(c1)NC(=O)CC/C=C\C1CC1(C(=O)N1CCC[C@@]3(C1)OC(=O)Nc1ccc(Cl)c(F)c13)c1cc-2ccn1. The molecular weight excluding hydrogens is 573 g/mol. The molecule has 1 saturated heterocycles. The Kier molecular flexibility index (Phi) is 6.42. The quantitative estimate of drug-likeness (QED) is 0.241. The Labute approximate surface area is 252 Å². The van der Waals surface area contributed by atoms with Gasteiger partial charge in [-0.25, -0.2) is 9.18 Å². The standard InChI is InChI=1S/C32H29ClFN5O4/c33-22-8-9-23-27(28(22)34)31(43-30(42)38-23)11-3-13-39(17-31)29(41)32-16-19(32)4-1-2-5-26(40)37-24-15-20(35)6-7-21(24)18-10-12-36-25(32)14-18/h1,4,6-10,12,14-15,19H,2-3,5,11,13,16-17,35H2,(H,37,40)(H,38,42)/b4-1-/t19?,31-,32?/m0/s1. The number of carbonyl (C=O) groups excluding carboxylic acids is 3. The van der Waals surface area contributed by atoms with Crippen LogP contribution in [-0.2, 0) is 25.3 Å². The number of ether oxygens (including phenoxy) is 1. The molecular formula is C32H29ClFN5O4. The second kappa shape index (κ2) is 10.1. The second-order valence-corrected chi connectivity index (χ2v) is 12.1. The number of nitrogens with zero attached hydrogens (tertiary/aromatic N) is 2. The molecule has 2 aromatic carbocycles. The molecule has 1 spiro atoms. The van der Waals surface area contributed by atoms with E-state index in [2.05, 4.69) is 15.6 Å². The largest absolute Gasteiger partial charge is 0.436 e. The van der Waals surface area contributed by atoms with Gasteiger partial charge in [-0.15, -0.1) is 0 Å². The van der Waals surface area contributed by atoms with Gasteiger partial charge < -0.3 is 20.7 Å². The zero-order valence-corrected chi connectivity index (χ0v) is 23.9. The van der Waals surface area contributed by atoms with Crippen LogP contribution in [0, 0.1) is 11.7 Å². The van der Waals surface area contributed by atoms with Crippen molar-refractivity contribution in [3.05, 3.63) is 82.9 Å². The first-order valence-corrected chi connectivity index (χ1v) is 14.7. The van der Waals surface area contributed by atoms with E-state index in [0.29, 0.717) is 49.3 Å². The molecule has 1 aromatic heterocycles. The zero-order chi connectivity index (χ0) is 29.9. The molecule has 3 aromatic rings. The minimum Gasteiger partial charge on any atom is -0.436 e. The number of likely N-dealkylation sites (tertiary alicyclic amines) is 1. The number of aromatic nitrogens is 1. The van der Waals surface area contributed by atoms with Gasteiger partial charge in [0, 0.05) is 30.4 Å². The highest BCUT2D eigenvalue weighted by atomic mass is 35.5. The van der Waals surface area contributed by atoms with Gasteiger partial charge in [0.2, 0.25) is 11.8 Å². The van der Waals surface area contributed by atoms with Crippen molar-refractivity contribution in [1.82, 2.24) is 9.88 Å². The predicted molar refractivity (Wildman–Crippen MR) is 160 cm³/mol. The Morgan fingerprint density at radius 1 is 1.14 bits per heavy atom. The van der Waals surface area contributed by atoms with Crippen molar-refractivity contribution in [2.75, 3.05) is 29.5 Å². The number of hydrogen-bond donors (Lipinski definition) is 3. The monoisotopic (exact) mass is 601 g/mol. The van der Waals surface area contributed by atoms with Crippen molar-refractivity contribution < 1.29 is 23.5 Å². The molecule has 3 atom stereocenters. The zero-order valence-electron chi connectivity index (χ0n) is 23.2. The van der Waals surface area contributed by atoms with E-state index in [1.54, 1.807) is 29.3 Å². The lowest BCUT2D eigenvalue weighted by atomic mass is 9.82. The summed E-state index contributed by atoms with van der Waals surface area (Å²) in [4.78, 5) is 46.3. The highest BCUT2D eigenvalue weighted by Gasteiger charge is 2.63. The van der Waals surface area contributed by atoms with E-state index in [1.807, 2.05) is 30.4 Å². The van der Waals surface area contributed by atoms with Crippen LogP contribution in [0.2, 0.25) is 5.02 Å². The fourth-order valence-electron chi connectivity index (χ4n) is 6.85. The Morgan fingerprint density at radius 2 is 2.00 bits per heavy atom. The van der Waals surface area contributed by atoms with Gasteiger partial charge in [-0.05, 0) is 73.6 Å². The Balaban J connectivity index is 1.29. The molecule has 220 valence electrons. The summed E-state index contributed by atoms with van der Waals surface area (Å²) >= 11 is 6.15. The van der Waals surface area contributed by atoms with Gasteiger partial charge in [0.05, 0.1) is 39.6 Å². The number of benzene rings is 2. The second-order valence-electron chi connectivity index (χ2n) is 11.7. The summed E-state index contributed by atoms with van der Waals surface area (Å²) in [6.45, 7) is 0.406. The average Bonchev–Trinajstić information content (AvgIpc) is 3.72. The third-order valence-corrected chi connectivity index (χ3v) is 9.26. The van der Waals surface area contributed by atoms with Crippen molar-refractivity contribution in [2.24, 2.45) is 5.92 Å². The lowest BCUT2D eigenvalue weighted by Gasteiger charge is -2.46. The molecule has 4 heterocycles. The first-order valence-electron chi connectivity index (χ1n) is 14.3. The molecule has 1 aliphatic carbocycles. The maximum atomic E-state index is 15.5. The van der Waals surface area contributed by atoms with Crippen LogP contribution < -0.4 is 16.4 Å². The van der Waals surface area contributed by atoms with Crippen LogP contribution in [-0.4, -0.2) is 40.9 Å². The topological polar surface area (TPSA) is 127 Å². The molecule has 3 aliphatic heterocycles. The van der Waals surface area contributed by atoms with Crippen LogP contribution in [0.15, 0.2) is 60.8 Å². The van der Waals surface area contributed by atoms with Gasteiger partial charge in [-0.2, -0.15) is 0 Å². The number of piperidine rings is 1. The minimum atomic E-state index is -1.37. The third kappa shape index (κ3) is 4.52. The summed E-state index contributed by atoms with van der Waals surface area (Å²) < 4.78 is 21.3. The van der Waals surface area contributed by atoms with Gasteiger partial charge in [0.15, 0.2) is 11.4 Å². The van der Waals surface area contributed by atoms with Crippen LogP contribution in [0.5, 0.6) is 0 Å². The van der Waals surface area contributed by atoms with E-state index in [9.17, 15) is 14.4 Å². The van der Waals surface area contributed by atoms with E-state index in [-0.39, 0.29) is 47.0 Å². The van der Waals surface area contributed by atoms with Crippen molar-refractivity contribution in [2.45, 2.75) is 43.1 Å². The normalized spacial score (nSPS) is 26.7. The van der Waals surface area contributed by atoms with Crippen LogP contribution in [0.25, 0.3) is 11.1 Å². The maximum absolute atomic E-state index is 15.5. The first-order chi connectivity index (χ1) is 20.7. The molecule has 1 saturated carbocycles. The number of allylic oxidation sites excluding steroid dienone is 2. The van der Waals surface area contributed by atoms with Crippen molar-refractivity contribution in [3.63, 3.8) is 0 Å². The van der Waals surface area contributed by atoms with Gasteiger partial charge in [-0.3, -0.25) is 19.9 Å². The lowest BCUT2D eigenvalue weighted by molar-refractivity contribution is -0.142. The molecule has 11 heteroatoms. The number of nitrogens with one attached hydrogen (secondary N) is 2. The molecule has 7 rings (SSSR count). The Bertz CT molecular complexity index is 1730. The van der Waals surface area contributed by atoms with Crippen LogP contribution >= 0.6 is 11.6 Å². The predicted octanol–water partition coefficient (Wildman–Crippen LogP) is 5.75. The van der Waals surface area contributed by atoms with E-state index >= 15 is 4.39 Å². The molecule has 9 nitrogen and oxygen atoms in total. The fraction of sp³-hybridized carbons (Fsp3) is 0.312. The van der Waals surface area contributed by atoms with E-state index in [1.165, 1.54) is 6.07 Å². The van der Waals surface area contributed by atoms with Crippen molar-refractivity contribution >= 4 is 46.6 Å². The molecule has 0 radical (unpaired) electrons. The number of rotatable bonds is 1. The summed E-state index contributed by atoms with van der Waals surface area (Å²) in [7, 11) is 0. The average molecular weight is 602 g/mol. The number of nitrogens with two attached hydrogens (primary N) is 1. The molecule has 3 amide bonds. The number of carbonyl (C=O) groups is 3. The molecule has 2 fully saturated rings. The number of pyridine rings is 1. The fourth-order valence-corrected chi connectivity index (χ4v) is 7.00. The summed E-state index contributed by atoms with van der Waals surface area (Å²) in [5.41, 5.74) is 7.41. The van der Waals surface area contributed by atoms with E-state index < -0.39 is 22.9 Å². The highest BCUT2D eigenvalue weighted by Crippen LogP contribution is 2.57. The van der Waals surface area contributed by atoms with Crippen molar-refractivity contribution in [1.29, 1.82) is 0 Å². The van der Waals surface area contributed by atoms with E-state index in [0.717, 1.165) is 11.1 Å². The van der Waals surface area contributed by atoms with E-state index in [4.69, 9.17) is 22.1 Å². The number of amides is 3. The summed E-state index contributed by atoms with van der Waals surface area (Å²) in [5, 5.41) is 5.45. The first kappa shape index (κ1) is 27.4. The number of hydrogen-bond acceptors (Lipinski definition) is 6. The molecule has 4 aliphatic rings. The molecule has 43 heavy (non-hydrogen) atoms. The van der Waals surface area contributed by atoms with Gasteiger partial charge >= 0.3 is 6.09 Å². The number of fused-ring (bicyclic) bond motifs is 8. The third-order valence-electron chi connectivity index (χ3n) is 8.97. The summed E-state index contributed by atoms with van der Waals surface area (Å²) in [6.07, 6.45) is 7.03. The number of nitrogen functional groups attached to an aromatic ring is 1. The Morgan fingerprint density at radius 3 is 2.86 bits per heavy atom. The van der Waals surface area contributed by atoms with Gasteiger partial charge in [0.25, 0.3) is 0 Å².